The van der Waals surface area contributed by atoms with Gasteiger partial charge < -0.3 is 15.2 Å². The maximum absolute atomic E-state index is 11.8. The van der Waals surface area contributed by atoms with Crippen molar-refractivity contribution in [3.8, 4) is 0 Å². The molecule has 1 aliphatic heterocycles. The first-order valence-electron chi connectivity index (χ1n) is 4.99. The lowest BCUT2D eigenvalue weighted by molar-refractivity contribution is -0.134. The topological polar surface area (TPSA) is 41.5 Å². The molecule has 15 heavy (non-hydrogen) atoms. The van der Waals surface area contributed by atoms with Crippen molar-refractivity contribution in [2.45, 2.75) is 31.0 Å². The number of alkyl halides is 3. The monoisotopic (exact) mass is 227 g/mol. The smallest absolute Gasteiger partial charge is 0.388 e. The highest BCUT2D eigenvalue weighted by molar-refractivity contribution is 4.83. The third-order valence-electron chi connectivity index (χ3n) is 2.46. The van der Waals surface area contributed by atoms with E-state index >= 15 is 0 Å². The molecular formula is C9H16F3NO2. The summed E-state index contributed by atoms with van der Waals surface area (Å²) >= 11 is 0. The summed E-state index contributed by atoms with van der Waals surface area (Å²) in [5, 5.41) is 12.5. The maximum atomic E-state index is 11.8. The number of aliphatic hydroxyl groups is 1. The van der Waals surface area contributed by atoms with Crippen LogP contribution in [0.4, 0.5) is 13.2 Å². The predicted octanol–water partition coefficient (Wildman–Crippen LogP) is 1.07. The first-order chi connectivity index (χ1) is 6.91. The molecule has 90 valence electrons. The van der Waals surface area contributed by atoms with Crippen molar-refractivity contribution < 1.29 is 23.0 Å². The third-order valence-corrected chi connectivity index (χ3v) is 2.46. The summed E-state index contributed by atoms with van der Waals surface area (Å²) in [7, 11) is 0. The maximum Gasteiger partial charge on any atom is 0.390 e. The van der Waals surface area contributed by atoms with Crippen LogP contribution >= 0.6 is 0 Å². The molecule has 1 heterocycles. The van der Waals surface area contributed by atoms with Gasteiger partial charge in [-0.15, -0.1) is 0 Å². The molecule has 0 amide bonds. The van der Waals surface area contributed by atoms with E-state index in [-0.39, 0.29) is 13.1 Å². The average Bonchev–Trinajstić information content (AvgIpc) is 2.12. The molecule has 0 atom stereocenters. The van der Waals surface area contributed by atoms with Crippen molar-refractivity contribution in [3.05, 3.63) is 0 Å². The third kappa shape index (κ3) is 5.34. The fourth-order valence-corrected chi connectivity index (χ4v) is 1.48. The zero-order valence-corrected chi connectivity index (χ0v) is 8.44. The number of nitrogens with one attached hydrogen (secondary N) is 1. The summed E-state index contributed by atoms with van der Waals surface area (Å²) in [5.74, 6) is 0. The van der Waals surface area contributed by atoms with Crippen LogP contribution in [0.2, 0.25) is 0 Å². The fourth-order valence-electron chi connectivity index (χ4n) is 1.48. The summed E-state index contributed by atoms with van der Waals surface area (Å²) in [6.07, 6.45) is -4.04. The van der Waals surface area contributed by atoms with E-state index in [1.165, 1.54) is 0 Å². The van der Waals surface area contributed by atoms with Gasteiger partial charge in [0.2, 0.25) is 0 Å². The summed E-state index contributed by atoms with van der Waals surface area (Å²) in [6.45, 7) is 0.994. The molecule has 0 radical (unpaired) electrons. The van der Waals surface area contributed by atoms with Gasteiger partial charge in [0, 0.05) is 39.1 Å². The largest absolute Gasteiger partial charge is 0.390 e. The van der Waals surface area contributed by atoms with Crippen molar-refractivity contribution in [2.75, 3.05) is 26.3 Å². The molecule has 0 unspecified atom stereocenters. The Hall–Kier alpha value is -0.330. The van der Waals surface area contributed by atoms with Crippen molar-refractivity contribution in [1.82, 2.24) is 5.32 Å². The molecule has 6 heteroatoms. The van der Waals surface area contributed by atoms with Crippen LogP contribution in [0.5, 0.6) is 0 Å². The van der Waals surface area contributed by atoms with Gasteiger partial charge in [-0.1, -0.05) is 0 Å². The summed E-state index contributed by atoms with van der Waals surface area (Å²) in [4.78, 5) is 0. The molecule has 0 aromatic heterocycles. The van der Waals surface area contributed by atoms with Crippen LogP contribution in [0, 0.1) is 0 Å². The van der Waals surface area contributed by atoms with Gasteiger partial charge in [0.25, 0.3) is 0 Å². The van der Waals surface area contributed by atoms with E-state index in [0.717, 1.165) is 0 Å². The molecule has 0 spiro atoms. The summed E-state index contributed by atoms with van der Waals surface area (Å²) < 4.78 is 40.4. The second-order valence-electron chi connectivity index (χ2n) is 3.88. The molecule has 1 fully saturated rings. The second-order valence-corrected chi connectivity index (χ2v) is 3.88. The van der Waals surface area contributed by atoms with Gasteiger partial charge in [-0.25, -0.2) is 0 Å². The Morgan fingerprint density at radius 1 is 1.27 bits per heavy atom. The first kappa shape index (κ1) is 12.7. The average molecular weight is 227 g/mol. The Kier molecular flexibility index (Phi) is 4.36. The molecular weight excluding hydrogens is 211 g/mol. The fraction of sp³-hybridized carbons (Fsp3) is 1.00. The lowest BCUT2D eigenvalue weighted by Crippen LogP contribution is -2.45. The highest BCUT2D eigenvalue weighted by Crippen LogP contribution is 2.20. The zero-order valence-electron chi connectivity index (χ0n) is 8.44. The van der Waals surface area contributed by atoms with E-state index in [0.29, 0.717) is 26.1 Å². The van der Waals surface area contributed by atoms with Crippen molar-refractivity contribution in [3.63, 3.8) is 0 Å². The number of ether oxygens (including phenoxy) is 1. The number of rotatable bonds is 4. The quantitative estimate of drug-likeness (QED) is 0.706. The molecule has 0 aromatic rings. The molecule has 0 saturated carbocycles. The van der Waals surface area contributed by atoms with Crippen LogP contribution in [0.3, 0.4) is 0 Å². The number of halogens is 3. The molecule has 0 aliphatic carbocycles. The molecule has 1 aliphatic rings. The van der Waals surface area contributed by atoms with E-state index in [2.05, 4.69) is 5.32 Å². The van der Waals surface area contributed by atoms with Crippen molar-refractivity contribution >= 4 is 0 Å². The van der Waals surface area contributed by atoms with Gasteiger partial charge in [-0.05, 0) is 0 Å². The minimum atomic E-state index is -4.13. The Bertz CT molecular complexity index is 190. The van der Waals surface area contributed by atoms with Crippen LogP contribution in [0.25, 0.3) is 0 Å². The van der Waals surface area contributed by atoms with E-state index < -0.39 is 18.2 Å². The summed E-state index contributed by atoms with van der Waals surface area (Å²) in [6, 6.07) is 0. The molecule has 0 aromatic carbocycles. The van der Waals surface area contributed by atoms with Gasteiger partial charge in [-0.2, -0.15) is 13.2 Å². The normalized spacial score (nSPS) is 21.6. The zero-order chi connectivity index (χ0) is 11.4. The van der Waals surface area contributed by atoms with E-state index in [1.807, 2.05) is 0 Å². The summed E-state index contributed by atoms with van der Waals surface area (Å²) in [5.41, 5.74) is -0.899. The minimum Gasteiger partial charge on any atom is -0.388 e. The highest BCUT2D eigenvalue weighted by Gasteiger charge is 2.30. The van der Waals surface area contributed by atoms with Crippen LogP contribution in [0.1, 0.15) is 19.3 Å². The first-order valence-corrected chi connectivity index (χ1v) is 4.99. The second kappa shape index (κ2) is 5.14. The van der Waals surface area contributed by atoms with E-state index in [1.54, 1.807) is 0 Å². The predicted molar refractivity (Wildman–Crippen MR) is 48.5 cm³/mol. The van der Waals surface area contributed by atoms with Crippen LogP contribution in [-0.4, -0.2) is 43.2 Å². The molecule has 2 N–H and O–H groups in total. The van der Waals surface area contributed by atoms with Crippen LogP contribution < -0.4 is 5.32 Å². The Labute approximate surface area is 86.6 Å². The molecule has 0 bridgehead atoms. The van der Waals surface area contributed by atoms with E-state index in [4.69, 9.17) is 4.74 Å². The van der Waals surface area contributed by atoms with Crippen LogP contribution in [-0.2, 0) is 4.74 Å². The number of hydrogen-bond acceptors (Lipinski definition) is 3. The van der Waals surface area contributed by atoms with Gasteiger partial charge >= 0.3 is 6.18 Å². The Morgan fingerprint density at radius 2 is 1.87 bits per heavy atom. The Morgan fingerprint density at radius 3 is 2.40 bits per heavy atom. The van der Waals surface area contributed by atoms with Gasteiger partial charge in [-0.3, -0.25) is 0 Å². The van der Waals surface area contributed by atoms with Crippen LogP contribution in [0.15, 0.2) is 0 Å². The van der Waals surface area contributed by atoms with Gasteiger partial charge in [0.1, 0.15) is 0 Å². The lowest BCUT2D eigenvalue weighted by atomic mass is 9.94. The van der Waals surface area contributed by atoms with Crippen molar-refractivity contribution in [2.24, 2.45) is 0 Å². The number of hydrogen-bond donors (Lipinski definition) is 2. The standard InChI is InChI=1S/C9H16F3NO2/c10-9(11,12)1-4-13-7-8(14)2-5-15-6-3-8/h13-14H,1-7H2. The van der Waals surface area contributed by atoms with E-state index in [9.17, 15) is 18.3 Å². The van der Waals surface area contributed by atoms with Crippen molar-refractivity contribution in [1.29, 1.82) is 0 Å². The van der Waals surface area contributed by atoms with Gasteiger partial charge in [0.05, 0.1) is 12.0 Å². The van der Waals surface area contributed by atoms with Gasteiger partial charge in [0.15, 0.2) is 0 Å². The molecule has 3 nitrogen and oxygen atoms in total. The molecule has 1 saturated heterocycles. The highest BCUT2D eigenvalue weighted by atomic mass is 19.4. The SMILES string of the molecule is OC1(CNCCC(F)(F)F)CCOCC1. The Balaban J connectivity index is 2.13. The lowest BCUT2D eigenvalue weighted by Gasteiger charge is -2.32. The molecule has 1 rings (SSSR count). The minimum absolute atomic E-state index is 0.146.